The molecule has 49 valence electrons. The maximum absolute atomic E-state index is 8.12. The van der Waals surface area contributed by atoms with Crippen LogP contribution in [0, 0.1) is 0 Å². The Labute approximate surface area is 60.0 Å². The van der Waals surface area contributed by atoms with Crippen LogP contribution in [0.3, 0.4) is 0 Å². The summed E-state index contributed by atoms with van der Waals surface area (Å²) in [6, 6.07) is 0. The quantitative estimate of drug-likeness (QED) is 0.211. The number of oxime groups is 1. The highest BCUT2D eigenvalue weighted by atomic mass is 32.1. The average Bonchev–Trinajstić information content (AvgIpc) is 1.87. The lowest BCUT2D eigenvalue weighted by Gasteiger charge is -1.93. The molecule has 3 heteroatoms. The molecule has 0 spiro atoms. The molecule has 0 unspecified atom stereocenters. The zero-order valence-electron chi connectivity index (χ0n) is 5.00. The van der Waals surface area contributed by atoms with Crippen LogP contribution in [0.25, 0.3) is 0 Å². The highest BCUT2D eigenvalue weighted by Gasteiger charge is 1.96. The molecule has 0 atom stereocenters. The lowest BCUT2D eigenvalue weighted by molar-refractivity contribution is 0.321. The molecule has 0 aromatic carbocycles. The Morgan fingerprint density at radius 2 is 2.33 bits per heavy atom. The van der Waals surface area contributed by atoms with Crippen molar-refractivity contribution in [1.29, 1.82) is 0 Å². The topological polar surface area (TPSA) is 32.6 Å². The number of nitrogens with zero attached hydrogens (tertiary/aromatic N) is 1. The van der Waals surface area contributed by atoms with Crippen molar-refractivity contribution in [3.8, 4) is 0 Å². The third-order valence-electron chi connectivity index (χ3n) is 0.784. The summed E-state index contributed by atoms with van der Waals surface area (Å²) >= 11 is 4.58. The van der Waals surface area contributed by atoms with Gasteiger partial charge >= 0.3 is 0 Å². The molecule has 0 aliphatic rings. The van der Waals surface area contributed by atoms with Crippen LogP contribution >= 0.6 is 12.6 Å². The van der Waals surface area contributed by atoms with Gasteiger partial charge in [0.1, 0.15) is 0 Å². The molecule has 0 aliphatic heterocycles. The number of rotatable bonds is 3. The Balaban J connectivity index is 3.88. The summed E-state index contributed by atoms with van der Waals surface area (Å²) in [4.78, 5) is 0. The third kappa shape index (κ3) is 2.87. The van der Waals surface area contributed by atoms with Gasteiger partial charge in [0.15, 0.2) is 5.04 Å². The summed E-state index contributed by atoms with van der Waals surface area (Å²) in [5.41, 5.74) is 0.613. The summed E-state index contributed by atoms with van der Waals surface area (Å²) in [5, 5.41) is 11.1. The first kappa shape index (κ1) is 8.17. The van der Waals surface area contributed by atoms with Crippen molar-refractivity contribution in [3.63, 3.8) is 0 Å². The van der Waals surface area contributed by atoms with Crippen LogP contribution in [-0.2, 0) is 0 Å². The normalized spacial score (nSPS) is 10.9. The Morgan fingerprint density at radius 3 is 2.67 bits per heavy atom. The third-order valence-corrected chi connectivity index (χ3v) is 1.15. The predicted molar refractivity (Wildman–Crippen MR) is 40.8 cm³/mol. The minimum Gasteiger partial charge on any atom is -0.410 e. The van der Waals surface area contributed by atoms with E-state index in [9.17, 15) is 0 Å². The van der Waals surface area contributed by atoms with Crippen molar-refractivity contribution in [1.82, 2.24) is 0 Å². The van der Waals surface area contributed by atoms with E-state index in [1.807, 2.05) is 0 Å². The SMILES string of the molecule is C=CCC(=C)/C([S])=N/O. The number of allylic oxidation sites excluding steroid dienone is 1. The molecule has 1 radical (unpaired) electrons. The molecule has 0 aliphatic carbocycles. The lowest BCUT2D eigenvalue weighted by atomic mass is 10.2. The van der Waals surface area contributed by atoms with Crippen LogP contribution in [-0.4, -0.2) is 10.3 Å². The molecular formula is C6H8NOS. The van der Waals surface area contributed by atoms with E-state index in [2.05, 4.69) is 30.9 Å². The fourth-order valence-electron chi connectivity index (χ4n) is 0.332. The van der Waals surface area contributed by atoms with E-state index in [1.165, 1.54) is 0 Å². The van der Waals surface area contributed by atoms with Gasteiger partial charge < -0.3 is 5.21 Å². The Hall–Kier alpha value is -0.830. The highest BCUT2D eigenvalue weighted by Crippen LogP contribution is 2.03. The lowest BCUT2D eigenvalue weighted by Crippen LogP contribution is -1.89. The van der Waals surface area contributed by atoms with Gasteiger partial charge in [0, 0.05) is 0 Å². The van der Waals surface area contributed by atoms with Crippen molar-refractivity contribution < 1.29 is 5.21 Å². The van der Waals surface area contributed by atoms with Crippen molar-refractivity contribution in [3.05, 3.63) is 24.8 Å². The van der Waals surface area contributed by atoms with Gasteiger partial charge in [-0.1, -0.05) is 30.4 Å². The summed E-state index contributed by atoms with van der Waals surface area (Å²) in [6.07, 6.45) is 2.22. The van der Waals surface area contributed by atoms with Crippen molar-refractivity contribution in [2.45, 2.75) is 6.42 Å². The molecular weight excluding hydrogens is 134 g/mol. The maximum atomic E-state index is 8.12. The maximum Gasteiger partial charge on any atom is 0.168 e. The largest absolute Gasteiger partial charge is 0.410 e. The predicted octanol–water partition coefficient (Wildman–Crippen LogP) is 2.10. The molecule has 0 fully saturated rings. The zero-order chi connectivity index (χ0) is 7.28. The molecule has 9 heavy (non-hydrogen) atoms. The molecule has 0 rings (SSSR count). The second-order valence-electron chi connectivity index (χ2n) is 1.50. The molecule has 0 aromatic rings. The van der Waals surface area contributed by atoms with Crippen LogP contribution < -0.4 is 0 Å². The van der Waals surface area contributed by atoms with Crippen molar-refractivity contribution in [2.75, 3.05) is 0 Å². The van der Waals surface area contributed by atoms with E-state index in [4.69, 9.17) is 5.21 Å². The summed E-state index contributed by atoms with van der Waals surface area (Å²) in [5.74, 6) is 0. The summed E-state index contributed by atoms with van der Waals surface area (Å²) in [7, 11) is 0. The second-order valence-corrected chi connectivity index (χ2v) is 1.89. The minimum absolute atomic E-state index is 0.148. The van der Waals surface area contributed by atoms with Gasteiger partial charge in [0.2, 0.25) is 0 Å². The van der Waals surface area contributed by atoms with Gasteiger partial charge in [-0.3, -0.25) is 0 Å². The van der Waals surface area contributed by atoms with Gasteiger partial charge in [-0.15, -0.1) is 6.58 Å². The molecule has 1 N–H and O–H groups in total. The number of hydrogen-bond donors (Lipinski definition) is 1. The van der Waals surface area contributed by atoms with E-state index in [-0.39, 0.29) is 5.04 Å². The molecule has 0 heterocycles. The fraction of sp³-hybridized carbons (Fsp3) is 0.167. The van der Waals surface area contributed by atoms with Crippen molar-refractivity contribution >= 4 is 17.7 Å². The Morgan fingerprint density at radius 1 is 1.78 bits per heavy atom. The van der Waals surface area contributed by atoms with Crippen LogP contribution in [0.2, 0.25) is 0 Å². The van der Waals surface area contributed by atoms with Gasteiger partial charge in [0.25, 0.3) is 0 Å². The van der Waals surface area contributed by atoms with E-state index in [0.29, 0.717) is 12.0 Å². The minimum atomic E-state index is 0.148. The fourth-order valence-corrected chi connectivity index (χ4v) is 0.416. The van der Waals surface area contributed by atoms with E-state index in [1.54, 1.807) is 6.08 Å². The van der Waals surface area contributed by atoms with Crippen LogP contribution in [0.15, 0.2) is 30.0 Å². The van der Waals surface area contributed by atoms with E-state index in [0.717, 1.165) is 0 Å². The summed E-state index contributed by atoms with van der Waals surface area (Å²) in [6.45, 7) is 7.02. The van der Waals surface area contributed by atoms with Gasteiger partial charge in [-0.2, -0.15) is 0 Å². The molecule has 0 bridgehead atoms. The average molecular weight is 142 g/mol. The summed E-state index contributed by atoms with van der Waals surface area (Å²) < 4.78 is 0. The standard InChI is InChI=1S/C6H8NOS/c1-3-4-5(2)6(9)7-8/h3,8H,1-2,4H2/b7-6-. The second kappa shape index (κ2) is 4.09. The monoisotopic (exact) mass is 142 g/mol. The number of hydrogen-bond acceptors (Lipinski definition) is 2. The van der Waals surface area contributed by atoms with E-state index >= 15 is 0 Å². The Kier molecular flexibility index (Phi) is 3.71. The zero-order valence-corrected chi connectivity index (χ0v) is 5.82. The first-order valence-corrected chi connectivity index (χ1v) is 2.81. The van der Waals surface area contributed by atoms with Crippen molar-refractivity contribution in [2.24, 2.45) is 5.16 Å². The Bertz CT molecular complexity index is 151. The smallest absolute Gasteiger partial charge is 0.168 e. The van der Waals surface area contributed by atoms with E-state index < -0.39 is 0 Å². The van der Waals surface area contributed by atoms with Crippen LogP contribution in [0.1, 0.15) is 6.42 Å². The molecule has 0 amide bonds. The highest BCUT2D eigenvalue weighted by molar-refractivity contribution is 7.97. The van der Waals surface area contributed by atoms with Crippen LogP contribution in [0.5, 0.6) is 0 Å². The van der Waals surface area contributed by atoms with Gasteiger partial charge in [-0.05, 0) is 12.0 Å². The molecule has 2 nitrogen and oxygen atoms in total. The van der Waals surface area contributed by atoms with Gasteiger partial charge in [-0.25, -0.2) is 0 Å². The van der Waals surface area contributed by atoms with Gasteiger partial charge in [0.05, 0.1) is 0 Å². The molecule has 0 aromatic heterocycles. The molecule has 0 saturated heterocycles. The molecule has 0 saturated carbocycles. The first-order valence-electron chi connectivity index (χ1n) is 2.40. The first-order chi connectivity index (χ1) is 4.22. The van der Waals surface area contributed by atoms with Crippen LogP contribution in [0.4, 0.5) is 0 Å².